The summed E-state index contributed by atoms with van der Waals surface area (Å²) in [4.78, 5) is 22.6. The third kappa shape index (κ3) is 25.0. The number of ether oxygens (including phenoxy) is 16. The molecule has 4 fully saturated rings. The number of aromatic nitrogens is 8. The molecule has 0 unspecified atom stereocenters. The summed E-state index contributed by atoms with van der Waals surface area (Å²) < 4.78 is 148. The van der Waals surface area contributed by atoms with E-state index in [0.29, 0.717) is 61.7 Å². The van der Waals surface area contributed by atoms with Gasteiger partial charge in [0.05, 0.1) is 55.9 Å². The van der Waals surface area contributed by atoms with Crippen LogP contribution in [0.4, 0.5) is 27.2 Å². The zero-order valence-electron chi connectivity index (χ0n) is 76.1. The lowest BCUT2D eigenvalue weighted by Crippen LogP contribution is -2.60. The Hall–Kier alpha value is -10.3. The van der Waals surface area contributed by atoms with Gasteiger partial charge in [0.1, 0.15) is 134 Å². The van der Waals surface area contributed by atoms with E-state index in [1.54, 1.807) is 62.0 Å². The van der Waals surface area contributed by atoms with Crippen molar-refractivity contribution in [2.75, 3.05) is 69.1 Å². The van der Waals surface area contributed by atoms with Gasteiger partial charge in [0.2, 0.25) is 48.7 Å². The van der Waals surface area contributed by atoms with Crippen LogP contribution < -0.4 is 37.9 Å². The van der Waals surface area contributed by atoms with Crippen LogP contribution in [0.3, 0.4) is 0 Å². The fourth-order valence-corrected chi connectivity index (χ4v) is 14.8. The fraction of sp³-hybridized carbons (Fsp3) is 0.568. The first-order valence-electron chi connectivity index (χ1n) is 42.2. The lowest BCUT2D eigenvalue weighted by atomic mass is 9.99. The molecule has 0 amide bonds. The van der Waals surface area contributed by atoms with Crippen LogP contribution in [0.5, 0.6) is 46.5 Å². The highest BCUT2D eigenvalue weighted by atomic mass is 19.1. The summed E-state index contributed by atoms with van der Waals surface area (Å²) >= 11 is 0. The van der Waals surface area contributed by atoms with Gasteiger partial charge >= 0.3 is 12.3 Å². The topological polar surface area (TPSA) is 536 Å². The van der Waals surface area contributed by atoms with Crippen molar-refractivity contribution >= 4 is 12.3 Å². The van der Waals surface area contributed by atoms with Crippen molar-refractivity contribution in [3.05, 3.63) is 163 Å². The molecule has 0 bridgehead atoms. The zero-order chi connectivity index (χ0) is 97.5. The Kier molecular flexibility index (Phi) is 37.5. The van der Waals surface area contributed by atoms with E-state index in [1.807, 2.05) is 76.2 Å². The lowest BCUT2D eigenvalue weighted by molar-refractivity contribution is -0.278. The minimum absolute atomic E-state index is 0.00139. The van der Waals surface area contributed by atoms with Crippen molar-refractivity contribution in [3.8, 4) is 46.5 Å². The van der Waals surface area contributed by atoms with E-state index >= 15 is 0 Å². The second-order valence-electron chi connectivity index (χ2n) is 32.6. The molecule has 0 aliphatic carbocycles. The Balaban J connectivity index is 0.000000198. The second kappa shape index (κ2) is 47.0. The molecule has 8 aromatic rings. The number of nitrogens with zero attached hydrogens (tertiary/aromatic N) is 8. The van der Waals surface area contributed by atoms with E-state index in [4.69, 9.17) is 66.3 Å². The largest absolute Gasteiger partial charge is 0.508 e. The van der Waals surface area contributed by atoms with Crippen LogP contribution in [0.1, 0.15) is 147 Å². The maximum absolute atomic E-state index is 14.7. The van der Waals surface area contributed by atoms with E-state index < -0.39 is 185 Å². The molecule has 0 spiro atoms. The highest BCUT2D eigenvalue weighted by molar-refractivity contribution is 5.60. The summed E-state index contributed by atoms with van der Waals surface area (Å²) in [6.07, 6.45) is -30.4. The molecule has 0 radical (unpaired) electrons. The number of carbonyl (C=O) groups excluding carboxylic acids is 2. The van der Waals surface area contributed by atoms with Gasteiger partial charge in [0.15, 0.2) is 23.1 Å². The van der Waals surface area contributed by atoms with Crippen molar-refractivity contribution in [3.63, 3.8) is 0 Å². The minimum Gasteiger partial charge on any atom is -0.497 e. The van der Waals surface area contributed by atoms with Crippen LogP contribution in [0.25, 0.3) is 0 Å². The number of halogens is 4. The van der Waals surface area contributed by atoms with Gasteiger partial charge in [0.25, 0.3) is 0 Å². The van der Waals surface area contributed by atoms with Crippen LogP contribution in [-0.2, 0) is 63.6 Å². The summed E-state index contributed by atoms with van der Waals surface area (Å²) in [5.74, 6) is -0.491. The van der Waals surface area contributed by atoms with Gasteiger partial charge in [0, 0.05) is 107 Å². The maximum Gasteiger partial charge on any atom is 0.508 e. The van der Waals surface area contributed by atoms with Crippen molar-refractivity contribution < 1.29 is 174 Å². The first-order chi connectivity index (χ1) is 62.5. The van der Waals surface area contributed by atoms with Crippen molar-refractivity contribution in [1.82, 2.24) is 39.1 Å². The number of aliphatic hydroxyl groups excluding tert-OH is 14. The summed E-state index contributed by atoms with van der Waals surface area (Å²) in [6.45, 7) is 20.7. The van der Waals surface area contributed by atoms with E-state index in [2.05, 4.69) is 29.9 Å². The Morgan fingerprint density at radius 2 is 0.614 bits per heavy atom. The number of methoxy groups -OCH3 is 6. The molecule has 732 valence electrons. The van der Waals surface area contributed by atoms with Crippen LogP contribution >= 0.6 is 0 Å². The first-order valence-corrected chi connectivity index (χ1v) is 42.2. The highest BCUT2D eigenvalue weighted by Crippen LogP contribution is 2.39. The molecule has 4 aromatic carbocycles. The summed E-state index contributed by atoms with van der Waals surface area (Å²) in [5.41, 5.74) is 7.42. The van der Waals surface area contributed by atoms with Gasteiger partial charge in [-0.25, -0.2) is 27.2 Å². The maximum atomic E-state index is 14.7. The van der Waals surface area contributed by atoms with E-state index in [9.17, 15) is 98.6 Å². The number of benzene rings is 4. The molecule has 0 saturated carbocycles. The molecular formula is C88H120F4N8O32. The molecule has 4 aliphatic rings. The predicted molar refractivity (Wildman–Crippen MR) is 453 cm³/mol. The molecule has 8 heterocycles. The zero-order valence-corrected chi connectivity index (χ0v) is 76.1. The number of hydrogen-bond donors (Lipinski definition) is 14. The number of carbonyl (C=O) groups is 2. The molecule has 12 rings (SSSR count). The molecule has 14 N–H and O–H groups in total. The quantitative estimate of drug-likeness (QED) is 0.0220. The average Bonchev–Trinajstić information content (AvgIpc) is 1.62. The van der Waals surface area contributed by atoms with Gasteiger partial charge in [-0.1, -0.05) is 24.3 Å². The lowest BCUT2D eigenvalue weighted by Gasteiger charge is -2.39. The Bertz CT molecular complexity index is 5090. The molecule has 4 aromatic heterocycles. The summed E-state index contributed by atoms with van der Waals surface area (Å²) in [5, 5.41) is 159. The highest BCUT2D eigenvalue weighted by Gasteiger charge is 2.50. The average molecular weight is 1880 g/mol. The van der Waals surface area contributed by atoms with Crippen molar-refractivity contribution in [2.45, 2.75) is 256 Å². The Morgan fingerprint density at radius 1 is 0.348 bits per heavy atom. The molecule has 44 heteroatoms. The number of aliphatic hydroxyl groups is 14. The monoisotopic (exact) mass is 1880 g/mol. The van der Waals surface area contributed by atoms with E-state index in [1.165, 1.54) is 64.8 Å². The molecule has 20 atom stereocenters. The van der Waals surface area contributed by atoms with E-state index in [-0.39, 0.29) is 84.9 Å². The van der Waals surface area contributed by atoms with E-state index in [0.717, 1.165) is 31.3 Å². The van der Waals surface area contributed by atoms with Crippen LogP contribution in [0.2, 0.25) is 0 Å². The fourth-order valence-electron chi connectivity index (χ4n) is 14.8. The molecule has 132 heavy (non-hydrogen) atoms. The standard InChI is InChI=1S/2C23H31FN2O9.2C21H29FN2O7/c1-11(2)26-12(3)15(8-13-6-7-14(31-4)9-16(13)24)21(25-26)35-22-20(29)19(28)18(27)17(34-22)10-33-23(30)32-5;1-11(2)26-12(3)14(8-13-6-7-16(31-4)15(24)9-13)21(25-26)35-22-20(29)19(28)18(27)17(34-22)10-33-23(30)32-5;1-10(2)24-11(3)14(7-12-5-6-13(29-4)8-15(12)22)20(23-24)31-21-19(28)18(27)17(26)16(9-25)30-21;1-10(2)24-11(3)13(7-12-5-6-15(29-4)14(22)8-12)20(23-24)31-21-19(28)18(27)17(26)16(9-25)30-21/h2*6-7,9,11,17-20,22,27-29H,8,10H2,1-5H3;2*5-6,8,10,16-19,21,25-28H,7,9H2,1-4H3/t2*17-,18-,19+,20-,22+;2*16-,17-,18+,19-,21+/m1111/s1. The smallest absolute Gasteiger partial charge is 0.497 e. The molecule has 4 aliphatic heterocycles. The van der Waals surface area contributed by atoms with Crippen LogP contribution in [0.15, 0.2) is 72.8 Å². The second-order valence-corrected chi connectivity index (χ2v) is 32.6. The van der Waals surface area contributed by atoms with Gasteiger partial charge in [-0.2, -0.15) is 0 Å². The third-order valence-electron chi connectivity index (χ3n) is 22.4. The van der Waals surface area contributed by atoms with Gasteiger partial charge < -0.3 is 147 Å². The van der Waals surface area contributed by atoms with Gasteiger partial charge in [-0.3, -0.25) is 18.7 Å². The van der Waals surface area contributed by atoms with Crippen LogP contribution in [-0.4, -0.2) is 315 Å². The SMILES string of the molecule is COC(=O)OC[C@H]1O[C@@H](Oc2nn(C(C)C)c(C)c2Cc2ccc(OC)c(F)c2)[C@H](O)[C@@H](O)[C@@H]1O.COC(=O)OC[C@H]1O[C@@H](Oc2nn(C(C)C)c(C)c2Cc2ccc(OC)cc2F)[C@H](O)[C@@H](O)[C@@H]1O.COc1ccc(Cc2c(O[C@@H]3O[C@H](CO)[C@@H](O)[C@H](O)[C@H]3O)nn(C(C)C)c2C)c(F)c1.COc1ccc(Cc2c(O[C@@H]3O[C@H](CO)[C@@H](O)[C@H](O)[C@H]3O)nn(C(C)C)c2C)cc1F. The predicted octanol–water partition coefficient (Wildman–Crippen LogP) is 4.34. The van der Waals surface area contributed by atoms with Crippen LogP contribution in [0, 0.1) is 51.0 Å². The number of rotatable bonds is 30. The third-order valence-corrected chi connectivity index (χ3v) is 22.4. The normalized spacial score (nSPS) is 25.3. The molecule has 4 saturated heterocycles. The molecular weight excluding hydrogens is 1760 g/mol. The Morgan fingerprint density at radius 3 is 0.848 bits per heavy atom. The molecule has 40 nitrogen and oxygen atoms in total. The number of hydrogen-bond acceptors (Lipinski definition) is 36. The Labute approximate surface area is 757 Å². The first kappa shape index (κ1) is 105. The van der Waals surface area contributed by atoms with Crippen molar-refractivity contribution in [1.29, 1.82) is 0 Å². The van der Waals surface area contributed by atoms with Gasteiger partial charge in [-0.15, -0.1) is 20.4 Å². The van der Waals surface area contributed by atoms with Gasteiger partial charge in [-0.05, 0) is 142 Å². The minimum atomic E-state index is -1.66. The summed E-state index contributed by atoms with van der Waals surface area (Å²) in [6, 6.07) is 18.1. The summed E-state index contributed by atoms with van der Waals surface area (Å²) in [7, 11) is 7.91. The van der Waals surface area contributed by atoms with Crippen molar-refractivity contribution in [2.24, 2.45) is 0 Å².